The number of hydrogen-bond acceptors (Lipinski definition) is 5. The summed E-state index contributed by atoms with van der Waals surface area (Å²) in [5.41, 5.74) is 1.91. The Bertz CT molecular complexity index is 812. The summed E-state index contributed by atoms with van der Waals surface area (Å²) < 4.78 is 12.2. The first-order valence-electron chi connectivity index (χ1n) is 7.93. The van der Waals surface area contributed by atoms with Crippen molar-refractivity contribution in [2.24, 2.45) is 0 Å². The summed E-state index contributed by atoms with van der Waals surface area (Å²) in [6.07, 6.45) is 4.17. The van der Waals surface area contributed by atoms with Gasteiger partial charge in [0.25, 0.3) is 0 Å². The van der Waals surface area contributed by atoms with Crippen LogP contribution in [-0.2, 0) is 11.3 Å². The van der Waals surface area contributed by atoms with E-state index in [1.165, 1.54) is 4.57 Å². The number of rotatable bonds is 7. The summed E-state index contributed by atoms with van der Waals surface area (Å²) in [6, 6.07) is 13.6. The van der Waals surface area contributed by atoms with Gasteiger partial charge in [-0.2, -0.15) is 0 Å². The van der Waals surface area contributed by atoms with Crippen molar-refractivity contribution >= 4 is 0 Å². The predicted molar refractivity (Wildman–Crippen MR) is 89.4 cm³/mol. The molecular formula is C18H19N3O3. The molecule has 1 unspecified atom stereocenters. The molecule has 0 bridgehead atoms. The topological polar surface area (TPSA) is 70.2 Å². The summed E-state index contributed by atoms with van der Waals surface area (Å²) in [7, 11) is 0. The fraction of sp³-hybridized carbons (Fsp3) is 0.278. The molecule has 2 aromatic heterocycles. The average Bonchev–Trinajstić information content (AvgIpc) is 3.01. The minimum Gasteiger partial charge on any atom is -0.372 e. The summed E-state index contributed by atoms with van der Waals surface area (Å²) >= 11 is 0. The lowest BCUT2D eigenvalue weighted by Gasteiger charge is -2.16. The largest absolute Gasteiger partial charge is 0.441 e. The van der Waals surface area contributed by atoms with Crippen molar-refractivity contribution < 1.29 is 9.26 Å². The number of pyridine rings is 1. The average molecular weight is 325 g/mol. The van der Waals surface area contributed by atoms with Gasteiger partial charge in [0.15, 0.2) is 5.82 Å². The molecule has 0 amide bonds. The molecule has 0 spiro atoms. The van der Waals surface area contributed by atoms with Crippen LogP contribution in [0.15, 0.2) is 64.2 Å². The monoisotopic (exact) mass is 325 g/mol. The highest BCUT2D eigenvalue weighted by atomic mass is 16.5. The Hall–Kier alpha value is -2.73. The van der Waals surface area contributed by atoms with Gasteiger partial charge in [0.2, 0.25) is 0 Å². The highest BCUT2D eigenvalue weighted by Crippen LogP contribution is 2.21. The number of aromatic nitrogens is 3. The fourth-order valence-corrected chi connectivity index (χ4v) is 2.58. The van der Waals surface area contributed by atoms with Crippen molar-refractivity contribution in [1.82, 2.24) is 14.7 Å². The van der Waals surface area contributed by atoms with E-state index in [0.717, 1.165) is 17.5 Å². The predicted octanol–water partition coefficient (Wildman–Crippen LogP) is 3.07. The van der Waals surface area contributed by atoms with Gasteiger partial charge in [-0.1, -0.05) is 42.4 Å². The molecule has 0 saturated heterocycles. The molecular weight excluding hydrogens is 306 g/mol. The number of hydrogen-bond donors (Lipinski definition) is 0. The van der Waals surface area contributed by atoms with E-state index in [1.807, 2.05) is 30.3 Å². The molecule has 24 heavy (non-hydrogen) atoms. The third-order valence-electron chi connectivity index (χ3n) is 3.80. The van der Waals surface area contributed by atoms with Crippen LogP contribution in [-0.4, -0.2) is 21.3 Å². The Morgan fingerprint density at radius 1 is 1.17 bits per heavy atom. The van der Waals surface area contributed by atoms with Gasteiger partial charge < -0.3 is 4.74 Å². The highest BCUT2D eigenvalue weighted by Gasteiger charge is 2.14. The molecule has 1 aromatic carbocycles. The Balaban J connectivity index is 1.69. The highest BCUT2D eigenvalue weighted by molar-refractivity contribution is 5.53. The maximum atomic E-state index is 11.9. The number of benzene rings is 1. The van der Waals surface area contributed by atoms with Gasteiger partial charge in [0.1, 0.15) is 0 Å². The first kappa shape index (κ1) is 16.1. The molecule has 0 aliphatic carbocycles. The Kier molecular flexibility index (Phi) is 5.18. The molecule has 0 radical (unpaired) electrons. The van der Waals surface area contributed by atoms with Gasteiger partial charge in [-0.25, -0.2) is 4.79 Å². The molecule has 6 heteroatoms. The Morgan fingerprint density at radius 3 is 2.62 bits per heavy atom. The smallest absolute Gasteiger partial charge is 0.372 e. The van der Waals surface area contributed by atoms with Crippen LogP contribution >= 0.6 is 0 Å². The summed E-state index contributed by atoms with van der Waals surface area (Å²) in [6.45, 7) is 2.85. The molecule has 0 fully saturated rings. The number of ether oxygens (including phenoxy) is 1. The molecule has 0 aliphatic heterocycles. The van der Waals surface area contributed by atoms with E-state index in [4.69, 9.17) is 9.26 Å². The second kappa shape index (κ2) is 7.70. The molecule has 2 heterocycles. The lowest BCUT2D eigenvalue weighted by molar-refractivity contribution is 0.0440. The second-order valence-electron chi connectivity index (χ2n) is 5.34. The maximum absolute atomic E-state index is 11.9. The lowest BCUT2D eigenvalue weighted by Crippen LogP contribution is -2.19. The van der Waals surface area contributed by atoms with E-state index in [9.17, 15) is 4.79 Å². The van der Waals surface area contributed by atoms with Crippen LogP contribution in [0, 0.1) is 0 Å². The molecule has 0 N–H and O–H groups in total. The summed E-state index contributed by atoms with van der Waals surface area (Å²) in [4.78, 5) is 15.9. The minimum atomic E-state index is -0.488. The normalized spacial score (nSPS) is 12.2. The Labute approximate surface area is 139 Å². The Morgan fingerprint density at radius 2 is 1.92 bits per heavy atom. The third kappa shape index (κ3) is 3.60. The standard InChI is InChI=1S/C18H19N3O3/c1-2-16(14-6-4-3-5-7-14)23-13-12-21-17(20-24-18(21)22)15-8-10-19-11-9-15/h3-11,16H,2,12-13H2,1H3. The van der Waals surface area contributed by atoms with Crippen molar-refractivity contribution in [3.8, 4) is 11.4 Å². The minimum absolute atomic E-state index is 0.00568. The lowest BCUT2D eigenvalue weighted by atomic mass is 10.1. The van der Waals surface area contributed by atoms with Crippen LogP contribution in [0.25, 0.3) is 11.4 Å². The van der Waals surface area contributed by atoms with E-state index in [-0.39, 0.29) is 6.10 Å². The van der Waals surface area contributed by atoms with Crippen molar-refractivity contribution in [1.29, 1.82) is 0 Å². The number of nitrogens with zero attached hydrogens (tertiary/aromatic N) is 3. The van der Waals surface area contributed by atoms with Gasteiger partial charge in [0, 0.05) is 18.0 Å². The van der Waals surface area contributed by atoms with Gasteiger partial charge >= 0.3 is 5.76 Å². The van der Waals surface area contributed by atoms with E-state index in [2.05, 4.69) is 17.1 Å². The summed E-state index contributed by atoms with van der Waals surface area (Å²) in [5, 5.41) is 3.85. The van der Waals surface area contributed by atoms with E-state index >= 15 is 0 Å². The molecule has 6 nitrogen and oxygen atoms in total. The van der Waals surface area contributed by atoms with Gasteiger partial charge in [-0.15, -0.1) is 0 Å². The van der Waals surface area contributed by atoms with E-state index in [1.54, 1.807) is 24.5 Å². The van der Waals surface area contributed by atoms with Crippen LogP contribution in [0.1, 0.15) is 25.0 Å². The molecule has 1 atom stereocenters. The third-order valence-corrected chi connectivity index (χ3v) is 3.80. The quantitative estimate of drug-likeness (QED) is 0.667. The summed E-state index contributed by atoms with van der Waals surface area (Å²) in [5.74, 6) is -0.00284. The zero-order chi connectivity index (χ0) is 16.8. The molecule has 0 aliphatic rings. The van der Waals surface area contributed by atoms with Crippen LogP contribution in [0.3, 0.4) is 0 Å². The SMILES string of the molecule is CCC(OCCn1c(-c2ccncc2)noc1=O)c1ccccc1. The maximum Gasteiger partial charge on any atom is 0.441 e. The van der Waals surface area contributed by atoms with Crippen LogP contribution < -0.4 is 5.76 Å². The molecule has 0 saturated carbocycles. The van der Waals surface area contributed by atoms with E-state index < -0.39 is 5.76 Å². The van der Waals surface area contributed by atoms with Crippen molar-refractivity contribution in [2.45, 2.75) is 26.0 Å². The van der Waals surface area contributed by atoms with Crippen LogP contribution in [0.2, 0.25) is 0 Å². The first-order chi connectivity index (χ1) is 11.8. The van der Waals surface area contributed by atoms with Crippen molar-refractivity contribution in [3.63, 3.8) is 0 Å². The fourth-order valence-electron chi connectivity index (χ4n) is 2.58. The first-order valence-corrected chi connectivity index (χ1v) is 7.93. The van der Waals surface area contributed by atoms with Crippen molar-refractivity contribution in [3.05, 3.63) is 71.0 Å². The second-order valence-corrected chi connectivity index (χ2v) is 5.34. The van der Waals surface area contributed by atoms with Gasteiger partial charge in [-0.3, -0.25) is 14.1 Å². The molecule has 3 rings (SSSR count). The van der Waals surface area contributed by atoms with E-state index in [0.29, 0.717) is 19.0 Å². The van der Waals surface area contributed by atoms with Crippen molar-refractivity contribution in [2.75, 3.05) is 6.61 Å². The molecule has 3 aromatic rings. The zero-order valence-electron chi connectivity index (χ0n) is 13.5. The molecule has 124 valence electrons. The van der Waals surface area contributed by atoms with Crippen LogP contribution in [0.5, 0.6) is 0 Å². The van der Waals surface area contributed by atoms with Gasteiger partial charge in [-0.05, 0) is 24.1 Å². The zero-order valence-corrected chi connectivity index (χ0v) is 13.5. The van der Waals surface area contributed by atoms with Crippen LogP contribution in [0.4, 0.5) is 0 Å². The van der Waals surface area contributed by atoms with Gasteiger partial charge in [0.05, 0.1) is 19.3 Å².